The number of amides is 1. The predicted octanol–water partition coefficient (Wildman–Crippen LogP) is 5.04. The Bertz CT molecular complexity index is 844. The SMILES string of the molecule is CC(C)(C)C1CCc2nc(NC(=O)CSCc3ccc(C#N)cc3)sc2C1. The van der Waals surface area contributed by atoms with Gasteiger partial charge in [0.1, 0.15) is 0 Å². The molecular formula is C21H25N3OS2. The summed E-state index contributed by atoms with van der Waals surface area (Å²) in [5.74, 6) is 1.82. The van der Waals surface area contributed by atoms with Crippen molar-refractivity contribution in [3.05, 3.63) is 46.0 Å². The van der Waals surface area contributed by atoms with Gasteiger partial charge in [-0.05, 0) is 48.3 Å². The summed E-state index contributed by atoms with van der Waals surface area (Å²) in [7, 11) is 0. The second kappa shape index (κ2) is 8.45. The van der Waals surface area contributed by atoms with Crippen molar-refractivity contribution in [1.29, 1.82) is 5.26 Å². The highest BCUT2D eigenvalue weighted by atomic mass is 32.2. The molecular weight excluding hydrogens is 374 g/mol. The van der Waals surface area contributed by atoms with Crippen LogP contribution in [0.15, 0.2) is 24.3 Å². The van der Waals surface area contributed by atoms with Crippen LogP contribution in [0.2, 0.25) is 0 Å². The second-order valence-corrected chi connectivity index (χ2v) is 10.1. The number of thiazole rings is 1. The zero-order valence-electron chi connectivity index (χ0n) is 16.0. The van der Waals surface area contributed by atoms with Gasteiger partial charge in [0.15, 0.2) is 5.13 Å². The molecule has 142 valence electrons. The average Bonchev–Trinajstić information content (AvgIpc) is 3.02. The lowest BCUT2D eigenvalue weighted by Crippen LogP contribution is -2.26. The van der Waals surface area contributed by atoms with Crippen LogP contribution in [-0.4, -0.2) is 16.6 Å². The molecule has 0 aliphatic heterocycles. The van der Waals surface area contributed by atoms with Crippen LogP contribution in [0.1, 0.15) is 48.9 Å². The van der Waals surface area contributed by atoms with E-state index in [9.17, 15) is 4.79 Å². The van der Waals surface area contributed by atoms with Crippen molar-refractivity contribution in [2.24, 2.45) is 11.3 Å². The third-order valence-electron chi connectivity index (χ3n) is 5.00. The van der Waals surface area contributed by atoms with E-state index in [2.05, 4.69) is 37.1 Å². The number of hydrogen-bond donors (Lipinski definition) is 1. The first kappa shape index (κ1) is 19.9. The lowest BCUT2D eigenvalue weighted by Gasteiger charge is -2.33. The van der Waals surface area contributed by atoms with Gasteiger partial charge < -0.3 is 5.32 Å². The maximum Gasteiger partial charge on any atom is 0.236 e. The van der Waals surface area contributed by atoms with E-state index in [1.54, 1.807) is 35.2 Å². The second-order valence-electron chi connectivity index (χ2n) is 8.04. The minimum atomic E-state index is -0.00730. The summed E-state index contributed by atoms with van der Waals surface area (Å²) in [6.45, 7) is 6.91. The van der Waals surface area contributed by atoms with Gasteiger partial charge in [-0.2, -0.15) is 5.26 Å². The van der Waals surface area contributed by atoms with Crippen molar-refractivity contribution < 1.29 is 4.79 Å². The first-order valence-corrected chi connectivity index (χ1v) is 11.2. The Kier molecular flexibility index (Phi) is 6.23. The number of aryl methyl sites for hydroxylation is 1. The molecule has 1 N–H and O–H groups in total. The molecule has 2 aromatic rings. The lowest BCUT2D eigenvalue weighted by molar-refractivity contribution is -0.113. The van der Waals surface area contributed by atoms with Crippen LogP contribution >= 0.6 is 23.1 Å². The van der Waals surface area contributed by atoms with Crippen LogP contribution < -0.4 is 5.32 Å². The molecule has 0 fully saturated rings. The molecule has 0 bridgehead atoms. The number of carbonyl (C=O) groups is 1. The number of carbonyl (C=O) groups excluding carboxylic acids is 1. The number of nitriles is 1. The summed E-state index contributed by atoms with van der Waals surface area (Å²) in [5, 5.41) is 12.5. The van der Waals surface area contributed by atoms with Gasteiger partial charge >= 0.3 is 0 Å². The maximum atomic E-state index is 12.2. The van der Waals surface area contributed by atoms with Crippen LogP contribution in [0.5, 0.6) is 0 Å². The molecule has 1 aliphatic rings. The molecule has 1 aromatic heterocycles. The van der Waals surface area contributed by atoms with Crippen molar-refractivity contribution in [2.75, 3.05) is 11.1 Å². The third-order valence-corrected chi connectivity index (χ3v) is 7.03. The molecule has 1 atom stereocenters. The topological polar surface area (TPSA) is 65.8 Å². The summed E-state index contributed by atoms with van der Waals surface area (Å²) in [6.07, 6.45) is 3.25. The monoisotopic (exact) mass is 399 g/mol. The number of hydrogen-bond acceptors (Lipinski definition) is 5. The summed E-state index contributed by atoms with van der Waals surface area (Å²) < 4.78 is 0. The van der Waals surface area contributed by atoms with E-state index in [4.69, 9.17) is 5.26 Å². The van der Waals surface area contributed by atoms with E-state index < -0.39 is 0 Å². The zero-order chi connectivity index (χ0) is 19.4. The number of benzene rings is 1. The van der Waals surface area contributed by atoms with Gasteiger partial charge in [-0.25, -0.2) is 4.98 Å². The minimum absolute atomic E-state index is 0.00730. The van der Waals surface area contributed by atoms with Crippen molar-refractivity contribution in [3.8, 4) is 6.07 Å². The van der Waals surface area contributed by atoms with Gasteiger partial charge in [0.2, 0.25) is 5.91 Å². The fraction of sp³-hybridized carbons (Fsp3) is 0.476. The van der Waals surface area contributed by atoms with Crippen LogP contribution in [0.4, 0.5) is 5.13 Å². The van der Waals surface area contributed by atoms with Gasteiger partial charge in [0.05, 0.1) is 23.1 Å². The van der Waals surface area contributed by atoms with E-state index >= 15 is 0 Å². The number of aromatic nitrogens is 1. The molecule has 0 spiro atoms. The van der Waals surface area contributed by atoms with Gasteiger partial charge in [-0.3, -0.25) is 4.79 Å². The van der Waals surface area contributed by atoms with Gasteiger partial charge in [0.25, 0.3) is 0 Å². The molecule has 1 amide bonds. The van der Waals surface area contributed by atoms with Gasteiger partial charge in [-0.1, -0.05) is 32.9 Å². The Morgan fingerprint density at radius 3 is 2.78 bits per heavy atom. The fourth-order valence-electron chi connectivity index (χ4n) is 3.26. The minimum Gasteiger partial charge on any atom is -0.301 e. The molecule has 6 heteroatoms. The molecule has 27 heavy (non-hydrogen) atoms. The number of rotatable bonds is 5. The number of nitrogens with one attached hydrogen (secondary N) is 1. The molecule has 0 saturated carbocycles. The first-order valence-electron chi connectivity index (χ1n) is 9.20. The number of thioether (sulfide) groups is 1. The van der Waals surface area contributed by atoms with Crippen molar-refractivity contribution in [2.45, 2.75) is 45.8 Å². The summed E-state index contributed by atoms with van der Waals surface area (Å²) in [6, 6.07) is 9.59. The maximum absolute atomic E-state index is 12.2. The Labute approximate surface area is 169 Å². The number of nitrogens with zero attached hydrogens (tertiary/aromatic N) is 2. The number of fused-ring (bicyclic) bond motifs is 1. The average molecular weight is 400 g/mol. The molecule has 0 saturated heterocycles. The van der Waals surface area contributed by atoms with Crippen LogP contribution in [0.25, 0.3) is 0 Å². The molecule has 1 aromatic carbocycles. The van der Waals surface area contributed by atoms with Crippen molar-refractivity contribution >= 4 is 34.1 Å². The standard InChI is InChI=1S/C21H25N3OS2/c1-21(2,3)16-8-9-17-18(10-16)27-20(23-17)24-19(25)13-26-12-15-6-4-14(11-22)5-7-15/h4-7,16H,8-10,12-13H2,1-3H3,(H,23,24,25). The summed E-state index contributed by atoms with van der Waals surface area (Å²) >= 11 is 3.20. The van der Waals surface area contributed by atoms with E-state index in [0.29, 0.717) is 22.6 Å². The molecule has 0 radical (unpaired) electrons. The van der Waals surface area contributed by atoms with Gasteiger partial charge in [-0.15, -0.1) is 23.1 Å². The van der Waals surface area contributed by atoms with Crippen LogP contribution in [0.3, 0.4) is 0 Å². The molecule has 3 rings (SSSR count). The van der Waals surface area contributed by atoms with Gasteiger partial charge in [0, 0.05) is 10.6 Å². The Balaban J connectivity index is 1.49. The summed E-state index contributed by atoms with van der Waals surface area (Å²) in [5.41, 5.74) is 3.25. The Morgan fingerprint density at radius 2 is 2.11 bits per heavy atom. The molecule has 1 aliphatic carbocycles. The van der Waals surface area contributed by atoms with Crippen LogP contribution in [0, 0.1) is 22.7 Å². The van der Waals surface area contributed by atoms with E-state index in [0.717, 1.165) is 29.3 Å². The Morgan fingerprint density at radius 1 is 1.37 bits per heavy atom. The molecule has 4 nitrogen and oxygen atoms in total. The Hall–Kier alpha value is -1.84. The lowest BCUT2D eigenvalue weighted by atomic mass is 9.73. The first-order chi connectivity index (χ1) is 12.8. The predicted molar refractivity (Wildman–Crippen MR) is 113 cm³/mol. The smallest absolute Gasteiger partial charge is 0.236 e. The quantitative estimate of drug-likeness (QED) is 0.765. The number of anilines is 1. The van der Waals surface area contributed by atoms with E-state index in [1.807, 2.05) is 12.1 Å². The third kappa shape index (κ3) is 5.33. The normalized spacial score (nSPS) is 16.4. The highest BCUT2D eigenvalue weighted by Crippen LogP contribution is 2.40. The highest BCUT2D eigenvalue weighted by Gasteiger charge is 2.30. The summed E-state index contributed by atoms with van der Waals surface area (Å²) in [4.78, 5) is 18.2. The zero-order valence-corrected chi connectivity index (χ0v) is 17.7. The van der Waals surface area contributed by atoms with Crippen molar-refractivity contribution in [3.63, 3.8) is 0 Å². The largest absolute Gasteiger partial charge is 0.301 e. The van der Waals surface area contributed by atoms with Crippen LogP contribution in [-0.2, 0) is 23.4 Å². The highest BCUT2D eigenvalue weighted by molar-refractivity contribution is 7.99. The molecule has 1 unspecified atom stereocenters. The van der Waals surface area contributed by atoms with E-state index in [-0.39, 0.29) is 5.91 Å². The fourth-order valence-corrected chi connectivity index (χ4v) is 5.15. The van der Waals surface area contributed by atoms with Crippen molar-refractivity contribution in [1.82, 2.24) is 4.98 Å². The molecule has 1 heterocycles. The van der Waals surface area contributed by atoms with E-state index in [1.165, 1.54) is 17.0 Å².